The Morgan fingerprint density at radius 2 is 2.17 bits per heavy atom. The Bertz CT molecular complexity index is 385. The Kier molecular flexibility index (Phi) is 2.99. The maximum Gasteiger partial charge on any atom is 0.417 e. The van der Waals surface area contributed by atoms with Crippen LogP contribution in [-0.2, 0) is 6.14 Å². The van der Waals surface area contributed by atoms with E-state index >= 15 is 0 Å². The van der Waals surface area contributed by atoms with Crippen LogP contribution in [0.3, 0.4) is 0 Å². The van der Waals surface area contributed by atoms with E-state index in [1.54, 1.807) is 18.2 Å². The lowest BCUT2D eigenvalue weighted by molar-refractivity contribution is 0.610. The average molecular weight is 276 g/mol. The Balaban J connectivity index is 2.96. The van der Waals surface area contributed by atoms with Crippen LogP contribution < -0.4 is 3.53 Å². The molecule has 62 valence electrons. The van der Waals surface area contributed by atoms with Crippen molar-refractivity contribution in [2.75, 3.05) is 3.53 Å². The minimum Gasteiger partial charge on any atom is -0.279 e. The van der Waals surface area contributed by atoms with E-state index in [1.807, 2.05) is 6.07 Å². The molecule has 0 aliphatic carbocycles. The Labute approximate surface area is 76.7 Å². The summed E-state index contributed by atoms with van der Waals surface area (Å²) in [6.45, 7) is 0. The molecule has 0 atom stereocenters. The molecule has 4 nitrogen and oxygen atoms in total. The van der Waals surface area contributed by atoms with Crippen molar-refractivity contribution in [2.24, 2.45) is 0 Å². The lowest BCUT2D eigenvalue weighted by Crippen LogP contribution is -1.82. The van der Waals surface area contributed by atoms with E-state index in [2.05, 4.69) is 3.53 Å². The fourth-order valence-corrected chi connectivity index (χ4v) is 1.58. The number of nitrogens with one attached hydrogen (secondary N) is 1. The van der Waals surface area contributed by atoms with E-state index in [4.69, 9.17) is 5.26 Å². The molecule has 12 heavy (non-hydrogen) atoms. The summed E-state index contributed by atoms with van der Waals surface area (Å²) >= 11 is -3.44. The molecule has 0 aliphatic heterocycles. The van der Waals surface area contributed by atoms with Crippen molar-refractivity contribution >= 4 is 25.8 Å². The Morgan fingerprint density at radius 3 is 2.75 bits per heavy atom. The SMILES string of the molecule is N#Cc1cccc(NI(=O)=O)c1. The fraction of sp³-hybridized carbons (Fsp3) is 0. The van der Waals surface area contributed by atoms with Crippen molar-refractivity contribution in [3.8, 4) is 6.07 Å². The van der Waals surface area contributed by atoms with Crippen LogP contribution >= 0.6 is 20.1 Å². The highest BCUT2D eigenvalue weighted by atomic mass is 127. The number of nitrogens with zero attached hydrogens (tertiary/aromatic N) is 1. The first-order valence-corrected chi connectivity index (χ1v) is 5.88. The molecule has 0 aliphatic rings. The van der Waals surface area contributed by atoms with Gasteiger partial charge in [0.05, 0.1) is 11.6 Å². The molecule has 1 rings (SSSR count). The molecule has 0 bridgehead atoms. The Morgan fingerprint density at radius 1 is 1.42 bits per heavy atom. The van der Waals surface area contributed by atoms with Crippen molar-refractivity contribution in [1.82, 2.24) is 0 Å². The van der Waals surface area contributed by atoms with Crippen molar-refractivity contribution < 1.29 is 6.14 Å². The average Bonchev–Trinajstić information content (AvgIpc) is 2.03. The van der Waals surface area contributed by atoms with Gasteiger partial charge in [-0.25, -0.2) is 6.14 Å². The number of anilines is 1. The van der Waals surface area contributed by atoms with Crippen molar-refractivity contribution in [3.05, 3.63) is 29.8 Å². The molecular weight excluding hydrogens is 271 g/mol. The Hall–Kier alpha value is -1.16. The van der Waals surface area contributed by atoms with Gasteiger partial charge in [0.25, 0.3) is 0 Å². The van der Waals surface area contributed by atoms with Gasteiger partial charge in [0.2, 0.25) is 0 Å². The number of halogens is 1. The van der Waals surface area contributed by atoms with E-state index in [1.165, 1.54) is 6.07 Å². The van der Waals surface area contributed by atoms with Crippen LogP contribution in [0, 0.1) is 11.3 Å². The minimum atomic E-state index is -3.44. The van der Waals surface area contributed by atoms with Gasteiger partial charge in [0, 0.05) is 5.69 Å². The number of hydrogen-bond acceptors (Lipinski definition) is 3. The van der Waals surface area contributed by atoms with Gasteiger partial charge in [-0.05, 0) is 18.2 Å². The van der Waals surface area contributed by atoms with Gasteiger partial charge in [-0.2, -0.15) is 5.26 Å². The van der Waals surface area contributed by atoms with Crippen LogP contribution in [0.1, 0.15) is 5.56 Å². The third-order valence-electron chi connectivity index (χ3n) is 1.18. The van der Waals surface area contributed by atoms with Gasteiger partial charge < -0.3 is 0 Å². The highest BCUT2D eigenvalue weighted by Gasteiger charge is 1.95. The molecule has 0 unspecified atom stereocenters. The van der Waals surface area contributed by atoms with Crippen molar-refractivity contribution in [3.63, 3.8) is 0 Å². The summed E-state index contributed by atoms with van der Waals surface area (Å²) in [4.78, 5) is 0. The monoisotopic (exact) mass is 276 g/mol. The van der Waals surface area contributed by atoms with Gasteiger partial charge in [0.1, 0.15) is 0 Å². The standard InChI is InChI=1S/C7H5IN2O2/c9-5-6-2-1-3-7(4-6)10-8(11)12/h1-4H,(H,10,11,12). The molecule has 5 heteroatoms. The molecule has 0 aromatic heterocycles. The van der Waals surface area contributed by atoms with E-state index < -0.39 is 20.1 Å². The molecule has 0 amide bonds. The fourth-order valence-electron chi connectivity index (χ4n) is 0.737. The third-order valence-corrected chi connectivity index (χ3v) is 2.24. The smallest absolute Gasteiger partial charge is 0.279 e. The highest BCUT2D eigenvalue weighted by Crippen LogP contribution is 2.15. The van der Waals surface area contributed by atoms with Gasteiger partial charge in [-0.15, -0.1) is 0 Å². The quantitative estimate of drug-likeness (QED) is 0.663. The van der Waals surface area contributed by atoms with Crippen LogP contribution in [0.4, 0.5) is 5.69 Å². The maximum atomic E-state index is 10.3. The molecular formula is C7H5IN2O2. The zero-order valence-corrected chi connectivity index (χ0v) is 8.11. The predicted molar refractivity (Wildman–Crippen MR) is 50.2 cm³/mol. The molecule has 0 radical (unpaired) electrons. The second-order valence-electron chi connectivity index (χ2n) is 2.00. The summed E-state index contributed by atoms with van der Waals surface area (Å²) in [6.07, 6.45) is 0. The van der Waals surface area contributed by atoms with Crippen LogP contribution in [0.2, 0.25) is 0 Å². The highest BCUT2D eigenvalue weighted by molar-refractivity contribution is 14.2. The molecule has 1 aromatic rings. The summed E-state index contributed by atoms with van der Waals surface area (Å²) < 4.78 is 22.9. The minimum absolute atomic E-state index is 0.442. The van der Waals surface area contributed by atoms with Crippen LogP contribution in [0.25, 0.3) is 0 Å². The van der Waals surface area contributed by atoms with E-state index in [9.17, 15) is 6.14 Å². The molecule has 0 heterocycles. The predicted octanol–water partition coefficient (Wildman–Crippen LogP) is 2.08. The number of nitriles is 1. The van der Waals surface area contributed by atoms with Gasteiger partial charge >= 0.3 is 20.1 Å². The lowest BCUT2D eigenvalue weighted by Gasteiger charge is -1.95. The lowest BCUT2D eigenvalue weighted by atomic mass is 10.2. The molecule has 0 fully saturated rings. The molecule has 1 N–H and O–H groups in total. The first-order valence-electron chi connectivity index (χ1n) is 3.04. The normalized spacial score (nSPS) is 9.33. The largest absolute Gasteiger partial charge is 0.417 e. The number of rotatable bonds is 2. The summed E-state index contributed by atoms with van der Waals surface area (Å²) in [5.41, 5.74) is 0.891. The topological polar surface area (TPSA) is 70.0 Å². The van der Waals surface area contributed by atoms with Crippen LogP contribution in [0.5, 0.6) is 0 Å². The van der Waals surface area contributed by atoms with E-state index in [-0.39, 0.29) is 0 Å². The summed E-state index contributed by atoms with van der Waals surface area (Å²) in [5, 5.41) is 8.47. The zero-order valence-electron chi connectivity index (χ0n) is 5.95. The van der Waals surface area contributed by atoms with Crippen molar-refractivity contribution in [1.29, 1.82) is 5.26 Å². The first kappa shape index (κ1) is 8.93. The second-order valence-corrected chi connectivity index (χ2v) is 3.78. The summed E-state index contributed by atoms with van der Waals surface area (Å²) in [6, 6.07) is 8.23. The second kappa shape index (κ2) is 4.01. The molecule has 0 saturated heterocycles. The van der Waals surface area contributed by atoms with E-state index in [0.29, 0.717) is 11.3 Å². The first-order chi connectivity index (χ1) is 5.72. The van der Waals surface area contributed by atoms with Gasteiger partial charge in [0.15, 0.2) is 0 Å². The summed E-state index contributed by atoms with van der Waals surface area (Å²) in [7, 11) is 0. The van der Waals surface area contributed by atoms with E-state index in [0.717, 1.165) is 0 Å². The third kappa shape index (κ3) is 2.47. The van der Waals surface area contributed by atoms with Crippen molar-refractivity contribution in [2.45, 2.75) is 0 Å². The van der Waals surface area contributed by atoms with Crippen LogP contribution in [-0.4, -0.2) is 0 Å². The summed E-state index contributed by atoms with van der Waals surface area (Å²) in [5.74, 6) is 0. The molecule has 1 aromatic carbocycles. The maximum absolute atomic E-state index is 10.3. The van der Waals surface area contributed by atoms with Gasteiger partial charge in [-0.3, -0.25) is 3.53 Å². The zero-order chi connectivity index (χ0) is 8.97. The molecule has 0 spiro atoms. The van der Waals surface area contributed by atoms with Crippen LogP contribution in [0.15, 0.2) is 24.3 Å². The van der Waals surface area contributed by atoms with Gasteiger partial charge in [-0.1, -0.05) is 6.07 Å². The number of hydrogen-bond donors (Lipinski definition) is 1. The molecule has 0 saturated carbocycles. The number of benzene rings is 1.